The van der Waals surface area contributed by atoms with Crippen LogP contribution in [0.15, 0.2) is 6.07 Å². The van der Waals surface area contributed by atoms with E-state index >= 15 is 0 Å². The number of hydrogen-bond acceptors (Lipinski definition) is 4. The van der Waals surface area contributed by atoms with Gasteiger partial charge in [0.05, 0.1) is 22.8 Å². The lowest BCUT2D eigenvalue weighted by molar-refractivity contribution is 0.0845. The van der Waals surface area contributed by atoms with Crippen molar-refractivity contribution < 1.29 is 4.74 Å². The second-order valence-electron chi connectivity index (χ2n) is 4.50. The van der Waals surface area contributed by atoms with E-state index in [-0.39, 0.29) is 6.10 Å². The molecule has 0 aliphatic heterocycles. The molecule has 0 aromatic carbocycles. The van der Waals surface area contributed by atoms with Crippen LogP contribution in [-0.2, 0) is 4.74 Å². The summed E-state index contributed by atoms with van der Waals surface area (Å²) < 4.78 is 5.52. The van der Waals surface area contributed by atoms with Gasteiger partial charge < -0.3 is 15.0 Å². The highest BCUT2D eigenvalue weighted by Crippen LogP contribution is 2.30. The highest BCUT2D eigenvalue weighted by atomic mass is 35.5. The fourth-order valence-electron chi connectivity index (χ4n) is 1.55. The van der Waals surface area contributed by atoms with Crippen LogP contribution in [0.25, 0.3) is 0 Å². The summed E-state index contributed by atoms with van der Waals surface area (Å²) in [7, 11) is 1.93. The molecule has 1 aromatic heterocycles. The van der Waals surface area contributed by atoms with E-state index in [9.17, 15) is 0 Å². The van der Waals surface area contributed by atoms with Gasteiger partial charge in [-0.05, 0) is 26.8 Å². The average molecular weight is 306 g/mol. The van der Waals surface area contributed by atoms with Crippen LogP contribution in [0, 0.1) is 0 Å². The molecule has 0 atom stereocenters. The Morgan fingerprint density at radius 2 is 2.05 bits per heavy atom. The Labute approximate surface area is 125 Å². The van der Waals surface area contributed by atoms with Gasteiger partial charge in [0.25, 0.3) is 0 Å². The van der Waals surface area contributed by atoms with Gasteiger partial charge >= 0.3 is 0 Å². The van der Waals surface area contributed by atoms with Crippen LogP contribution in [0.4, 0.5) is 11.6 Å². The topological polar surface area (TPSA) is 37.4 Å². The maximum atomic E-state index is 6.18. The van der Waals surface area contributed by atoms with Crippen molar-refractivity contribution in [1.29, 1.82) is 0 Å². The van der Waals surface area contributed by atoms with Gasteiger partial charge in [0, 0.05) is 20.1 Å². The molecule has 0 spiro atoms. The highest BCUT2D eigenvalue weighted by molar-refractivity contribution is 6.37. The lowest BCUT2D eigenvalue weighted by atomic mass is 10.4. The monoisotopic (exact) mass is 305 g/mol. The summed E-state index contributed by atoms with van der Waals surface area (Å²) in [5, 5.41) is 4.18. The molecule has 1 N–H and O–H groups in total. The summed E-state index contributed by atoms with van der Waals surface area (Å²) in [6.45, 7) is 8.12. The smallest absolute Gasteiger partial charge is 0.149 e. The number of ether oxygens (including phenoxy) is 1. The van der Waals surface area contributed by atoms with Crippen molar-refractivity contribution in [3.05, 3.63) is 16.1 Å². The van der Waals surface area contributed by atoms with Gasteiger partial charge in [-0.15, -0.1) is 0 Å². The summed E-state index contributed by atoms with van der Waals surface area (Å²) in [5.74, 6) is 1.36. The largest absolute Gasteiger partial charge is 0.377 e. The summed E-state index contributed by atoms with van der Waals surface area (Å²) in [5.41, 5.74) is 0. The normalized spacial score (nSPS) is 10.9. The predicted octanol–water partition coefficient (Wildman–Crippen LogP) is 3.68. The third-order valence-electron chi connectivity index (χ3n) is 2.49. The molecule has 0 amide bonds. The Morgan fingerprint density at radius 3 is 2.63 bits per heavy atom. The van der Waals surface area contributed by atoms with Crippen LogP contribution in [0.2, 0.25) is 10.0 Å². The number of anilines is 2. The van der Waals surface area contributed by atoms with Crippen molar-refractivity contribution in [3.8, 4) is 0 Å². The van der Waals surface area contributed by atoms with E-state index in [4.69, 9.17) is 27.9 Å². The predicted molar refractivity (Wildman–Crippen MR) is 82.8 cm³/mol. The van der Waals surface area contributed by atoms with E-state index in [1.165, 1.54) is 0 Å². The molecule has 0 aliphatic rings. The van der Waals surface area contributed by atoms with Gasteiger partial charge in [-0.3, -0.25) is 0 Å². The highest BCUT2D eigenvalue weighted by Gasteiger charge is 2.12. The van der Waals surface area contributed by atoms with Crippen LogP contribution >= 0.6 is 23.2 Å². The van der Waals surface area contributed by atoms with Crippen LogP contribution in [-0.4, -0.2) is 37.8 Å². The zero-order valence-corrected chi connectivity index (χ0v) is 13.3. The maximum absolute atomic E-state index is 6.18. The molecule has 108 valence electrons. The van der Waals surface area contributed by atoms with E-state index in [1.54, 1.807) is 6.07 Å². The molecule has 0 unspecified atom stereocenters. The van der Waals surface area contributed by atoms with Crippen LogP contribution < -0.4 is 10.2 Å². The third-order valence-corrected chi connectivity index (χ3v) is 3.06. The molecule has 0 radical (unpaired) electrons. The van der Waals surface area contributed by atoms with E-state index in [2.05, 4.69) is 10.3 Å². The van der Waals surface area contributed by atoms with Crippen LogP contribution in [0.1, 0.15) is 20.8 Å². The molecule has 0 fully saturated rings. The minimum Gasteiger partial charge on any atom is -0.377 e. The number of likely N-dealkylation sites (N-methyl/N-ethyl adjacent to an activating group) is 1. The first-order valence-electron chi connectivity index (χ1n) is 6.38. The summed E-state index contributed by atoms with van der Waals surface area (Å²) in [6, 6.07) is 1.71. The third kappa shape index (κ3) is 5.05. The molecular formula is C13H21Cl2N3O. The Bertz CT molecular complexity index is 413. The van der Waals surface area contributed by atoms with E-state index in [1.807, 2.05) is 32.7 Å². The van der Waals surface area contributed by atoms with E-state index in [0.29, 0.717) is 28.3 Å². The fraction of sp³-hybridized carbons (Fsp3) is 0.615. The van der Waals surface area contributed by atoms with Gasteiger partial charge in [0.1, 0.15) is 11.6 Å². The molecule has 1 aromatic rings. The average Bonchev–Trinajstić information content (AvgIpc) is 2.32. The van der Waals surface area contributed by atoms with Crippen molar-refractivity contribution in [3.63, 3.8) is 0 Å². The molecule has 0 saturated heterocycles. The zero-order valence-electron chi connectivity index (χ0n) is 11.8. The first-order chi connectivity index (χ1) is 8.95. The molecule has 6 heteroatoms. The van der Waals surface area contributed by atoms with Gasteiger partial charge in [0.2, 0.25) is 0 Å². The van der Waals surface area contributed by atoms with Gasteiger partial charge in [-0.2, -0.15) is 0 Å². The molecule has 4 nitrogen and oxygen atoms in total. The number of halogens is 2. The molecule has 1 heterocycles. The standard InChI is InChI=1S/C13H21Cl2N3O/c1-5-16-12-10(14)8-11(15)13(17-12)18(4)6-7-19-9(2)3/h8-9H,5-7H2,1-4H3,(H,16,17). The van der Waals surface area contributed by atoms with Crippen molar-refractivity contribution in [2.45, 2.75) is 26.9 Å². The lowest BCUT2D eigenvalue weighted by Gasteiger charge is -2.21. The molecule has 19 heavy (non-hydrogen) atoms. The van der Waals surface area contributed by atoms with Crippen molar-refractivity contribution >= 4 is 34.8 Å². The first-order valence-corrected chi connectivity index (χ1v) is 7.14. The maximum Gasteiger partial charge on any atom is 0.149 e. The molecule has 1 rings (SSSR count). The Kier molecular flexibility index (Phi) is 6.69. The number of hydrogen-bond donors (Lipinski definition) is 1. The quantitative estimate of drug-likeness (QED) is 0.834. The summed E-state index contributed by atoms with van der Waals surface area (Å²) >= 11 is 12.3. The van der Waals surface area contributed by atoms with E-state index in [0.717, 1.165) is 13.1 Å². The van der Waals surface area contributed by atoms with Crippen molar-refractivity contribution in [1.82, 2.24) is 4.98 Å². The lowest BCUT2D eigenvalue weighted by Crippen LogP contribution is -2.25. The number of nitrogens with zero attached hydrogens (tertiary/aromatic N) is 2. The molecule has 0 bridgehead atoms. The Balaban J connectivity index is 2.77. The van der Waals surface area contributed by atoms with Crippen LogP contribution in [0.3, 0.4) is 0 Å². The van der Waals surface area contributed by atoms with E-state index < -0.39 is 0 Å². The SMILES string of the molecule is CCNc1nc(N(C)CCOC(C)C)c(Cl)cc1Cl. The number of rotatable bonds is 7. The summed E-state index contributed by atoms with van der Waals surface area (Å²) in [6.07, 6.45) is 0.222. The van der Waals surface area contributed by atoms with Gasteiger partial charge in [-0.1, -0.05) is 23.2 Å². The number of aromatic nitrogens is 1. The minimum atomic E-state index is 0.222. The Morgan fingerprint density at radius 1 is 1.37 bits per heavy atom. The number of pyridine rings is 1. The fourth-order valence-corrected chi connectivity index (χ4v) is 2.12. The molecule has 0 saturated carbocycles. The second-order valence-corrected chi connectivity index (χ2v) is 5.31. The zero-order chi connectivity index (χ0) is 14.4. The van der Waals surface area contributed by atoms with Gasteiger partial charge in [0.15, 0.2) is 0 Å². The minimum absolute atomic E-state index is 0.222. The van der Waals surface area contributed by atoms with Crippen molar-refractivity contribution in [2.24, 2.45) is 0 Å². The molecule has 0 aliphatic carbocycles. The molecular weight excluding hydrogens is 285 g/mol. The second kappa shape index (κ2) is 7.78. The Hall–Kier alpha value is -0.710. The van der Waals surface area contributed by atoms with Crippen molar-refractivity contribution in [2.75, 3.05) is 37.0 Å². The number of nitrogens with one attached hydrogen (secondary N) is 1. The first kappa shape index (κ1) is 16.3. The van der Waals surface area contributed by atoms with Crippen LogP contribution in [0.5, 0.6) is 0 Å². The van der Waals surface area contributed by atoms with Gasteiger partial charge in [-0.25, -0.2) is 4.98 Å². The summed E-state index contributed by atoms with van der Waals surface area (Å²) in [4.78, 5) is 6.41.